The van der Waals surface area contributed by atoms with Crippen molar-refractivity contribution in [1.82, 2.24) is 30.4 Å². The molecule has 2 saturated heterocycles. The molecule has 11 heteroatoms. The molecule has 2 atom stereocenters. The molecule has 1 amide bonds. The SMILES string of the molecule is COC(=O)c1cc(Nc2cc(C)[nH]n2)nc(CNC2CC3CCC(C2)N3C(=O)OC(C)(C)C)n1. The van der Waals surface area contributed by atoms with Gasteiger partial charge in [0.15, 0.2) is 11.5 Å². The fraction of sp³-hybridized carbons (Fsp3) is 0.609. The Balaban J connectivity index is 1.42. The van der Waals surface area contributed by atoms with Gasteiger partial charge >= 0.3 is 12.1 Å². The van der Waals surface area contributed by atoms with Crippen molar-refractivity contribution in [1.29, 1.82) is 0 Å². The van der Waals surface area contributed by atoms with Crippen LogP contribution >= 0.6 is 0 Å². The summed E-state index contributed by atoms with van der Waals surface area (Å²) in [5.41, 5.74) is 0.566. The first-order valence-electron chi connectivity index (χ1n) is 11.6. The van der Waals surface area contributed by atoms with Crippen LogP contribution in [0, 0.1) is 6.92 Å². The number of esters is 1. The summed E-state index contributed by atoms with van der Waals surface area (Å²) < 4.78 is 10.5. The molecule has 184 valence electrons. The second kappa shape index (κ2) is 9.57. The van der Waals surface area contributed by atoms with Gasteiger partial charge in [-0.25, -0.2) is 19.6 Å². The van der Waals surface area contributed by atoms with Gasteiger partial charge in [0.05, 0.1) is 13.7 Å². The van der Waals surface area contributed by atoms with E-state index in [2.05, 4.69) is 30.8 Å². The van der Waals surface area contributed by atoms with Gasteiger partial charge in [-0.2, -0.15) is 5.10 Å². The van der Waals surface area contributed by atoms with Gasteiger partial charge in [0.2, 0.25) is 0 Å². The van der Waals surface area contributed by atoms with Gasteiger partial charge in [-0.1, -0.05) is 0 Å². The minimum Gasteiger partial charge on any atom is -0.464 e. The largest absolute Gasteiger partial charge is 0.464 e. The Morgan fingerprint density at radius 2 is 1.85 bits per heavy atom. The zero-order valence-electron chi connectivity index (χ0n) is 20.3. The lowest BCUT2D eigenvalue weighted by molar-refractivity contribution is 0.00462. The molecule has 11 nitrogen and oxygen atoms in total. The molecule has 2 aliphatic heterocycles. The third kappa shape index (κ3) is 5.64. The van der Waals surface area contributed by atoms with Crippen LogP contribution in [0.4, 0.5) is 16.4 Å². The number of nitrogens with zero attached hydrogens (tertiary/aromatic N) is 4. The summed E-state index contributed by atoms with van der Waals surface area (Å²) >= 11 is 0. The molecule has 0 aliphatic carbocycles. The second-order valence-corrected chi connectivity index (χ2v) is 9.93. The number of piperidine rings is 1. The highest BCUT2D eigenvalue weighted by atomic mass is 16.6. The van der Waals surface area contributed by atoms with Gasteiger partial charge in [-0.15, -0.1) is 0 Å². The van der Waals surface area contributed by atoms with E-state index in [-0.39, 0.29) is 29.9 Å². The summed E-state index contributed by atoms with van der Waals surface area (Å²) in [4.78, 5) is 35.7. The first-order chi connectivity index (χ1) is 16.1. The van der Waals surface area contributed by atoms with E-state index in [0.29, 0.717) is 24.0 Å². The molecule has 2 bridgehead atoms. The van der Waals surface area contributed by atoms with Crippen molar-refractivity contribution in [2.75, 3.05) is 12.4 Å². The lowest BCUT2D eigenvalue weighted by Gasteiger charge is -2.39. The Bertz CT molecular complexity index is 1030. The Morgan fingerprint density at radius 3 is 2.44 bits per heavy atom. The number of H-pyrrole nitrogens is 1. The van der Waals surface area contributed by atoms with Crippen molar-refractivity contribution in [3.63, 3.8) is 0 Å². The predicted molar refractivity (Wildman–Crippen MR) is 125 cm³/mol. The van der Waals surface area contributed by atoms with E-state index in [1.54, 1.807) is 6.07 Å². The molecule has 2 aromatic rings. The maximum Gasteiger partial charge on any atom is 0.410 e. The van der Waals surface area contributed by atoms with Crippen LogP contribution in [0.1, 0.15) is 68.5 Å². The Hall–Kier alpha value is -3.21. The number of methoxy groups -OCH3 is 1. The van der Waals surface area contributed by atoms with E-state index >= 15 is 0 Å². The number of carbonyl (C=O) groups is 2. The number of fused-ring (bicyclic) bond motifs is 2. The lowest BCUT2D eigenvalue weighted by atomic mass is 9.97. The fourth-order valence-corrected chi connectivity index (χ4v) is 4.65. The maximum absolute atomic E-state index is 12.7. The first kappa shape index (κ1) is 23.9. The Kier molecular flexibility index (Phi) is 6.74. The summed E-state index contributed by atoms with van der Waals surface area (Å²) in [6.07, 6.45) is 3.41. The van der Waals surface area contributed by atoms with E-state index in [4.69, 9.17) is 9.47 Å². The summed E-state index contributed by atoms with van der Waals surface area (Å²) in [7, 11) is 1.32. The van der Waals surface area contributed by atoms with E-state index in [1.807, 2.05) is 38.7 Å². The highest BCUT2D eigenvalue weighted by Gasteiger charge is 2.44. The Labute approximate surface area is 199 Å². The van der Waals surface area contributed by atoms with Crippen LogP contribution in [0.25, 0.3) is 0 Å². The number of aromatic amines is 1. The van der Waals surface area contributed by atoms with Gasteiger partial charge in [-0.3, -0.25) is 5.10 Å². The van der Waals surface area contributed by atoms with Crippen LogP contribution in [0.3, 0.4) is 0 Å². The van der Waals surface area contributed by atoms with Crippen molar-refractivity contribution >= 4 is 23.7 Å². The molecule has 4 rings (SSSR count). The molecule has 34 heavy (non-hydrogen) atoms. The van der Waals surface area contributed by atoms with E-state index < -0.39 is 11.6 Å². The van der Waals surface area contributed by atoms with Crippen LogP contribution in [0.5, 0.6) is 0 Å². The quantitative estimate of drug-likeness (QED) is 0.543. The van der Waals surface area contributed by atoms with Gasteiger partial charge in [-0.05, 0) is 53.4 Å². The summed E-state index contributed by atoms with van der Waals surface area (Å²) in [6, 6.07) is 3.92. The smallest absolute Gasteiger partial charge is 0.410 e. The molecule has 2 aliphatic rings. The number of ether oxygens (including phenoxy) is 2. The predicted octanol–water partition coefficient (Wildman–Crippen LogP) is 3.06. The normalized spacial score (nSPS) is 21.9. The van der Waals surface area contributed by atoms with Crippen molar-refractivity contribution in [2.24, 2.45) is 0 Å². The minimum atomic E-state index is -0.534. The molecular formula is C23H33N7O4. The molecule has 2 fully saturated rings. The topological polar surface area (TPSA) is 134 Å². The summed E-state index contributed by atoms with van der Waals surface area (Å²) in [6.45, 7) is 7.95. The highest BCUT2D eigenvalue weighted by molar-refractivity contribution is 5.88. The van der Waals surface area contributed by atoms with Crippen LogP contribution in [0.15, 0.2) is 12.1 Å². The second-order valence-electron chi connectivity index (χ2n) is 9.93. The number of anilines is 2. The standard InChI is InChI=1S/C23H33N7O4/c1-13-8-19(29-28-13)26-18-11-17(21(31)33-5)25-20(27-18)12-24-14-9-15-6-7-16(10-14)30(15)22(32)34-23(2,3)4/h8,11,14-16,24H,6-7,9-10,12H2,1-5H3,(H2,25,26,27,28,29). The highest BCUT2D eigenvalue weighted by Crippen LogP contribution is 2.37. The number of nitrogens with one attached hydrogen (secondary N) is 3. The molecule has 0 saturated carbocycles. The molecular weight excluding hydrogens is 438 g/mol. The number of aromatic nitrogens is 4. The van der Waals surface area contributed by atoms with Crippen molar-refractivity contribution in [3.8, 4) is 0 Å². The average Bonchev–Trinajstić information content (AvgIpc) is 3.29. The third-order valence-corrected chi connectivity index (χ3v) is 6.02. The Morgan fingerprint density at radius 1 is 1.15 bits per heavy atom. The molecule has 0 aromatic carbocycles. The van der Waals surface area contributed by atoms with Crippen LogP contribution in [0.2, 0.25) is 0 Å². The lowest BCUT2D eigenvalue weighted by Crippen LogP contribution is -2.52. The fourth-order valence-electron chi connectivity index (χ4n) is 4.65. The average molecular weight is 472 g/mol. The molecule has 3 N–H and O–H groups in total. The maximum atomic E-state index is 12.7. The number of carbonyl (C=O) groups excluding carboxylic acids is 2. The number of hydrogen-bond acceptors (Lipinski definition) is 9. The van der Waals surface area contributed by atoms with Gasteiger partial charge in [0.1, 0.15) is 17.2 Å². The molecule has 0 radical (unpaired) electrons. The molecule has 0 spiro atoms. The molecule has 2 unspecified atom stereocenters. The van der Waals surface area contributed by atoms with E-state index in [0.717, 1.165) is 31.4 Å². The van der Waals surface area contributed by atoms with Crippen LogP contribution in [-0.2, 0) is 16.0 Å². The van der Waals surface area contributed by atoms with Gasteiger partial charge in [0.25, 0.3) is 0 Å². The minimum absolute atomic E-state index is 0.161. The summed E-state index contributed by atoms with van der Waals surface area (Å²) in [5.74, 6) is 0.990. The number of hydrogen-bond donors (Lipinski definition) is 3. The monoisotopic (exact) mass is 471 g/mol. The van der Waals surface area contributed by atoms with E-state index in [1.165, 1.54) is 7.11 Å². The molecule has 4 heterocycles. The van der Waals surface area contributed by atoms with Crippen molar-refractivity contribution < 1.29 is 19.1 Å². The first-order valence-corrected chi connectivity index (χ1v) is 11.6. The van der Waals surface area contributed by atoms with E-state index in [9.17, 15) is 9.59 Å². The number of amides is 1. The van der Waals surface area contributed by atoms with Crippen molar-refractivity contribution in [2.45, 2.75) is 83.6 Å². The molecule has 2 aromatic heterocycles. The summed E-state index contributed by atoms with van der Waals surface area (Å²) in [5, 5.41) is 13.6. The zero-order valence-corrected chi connectivity index (χ0v) is 20.3. The van der Waals surface area contributed by atoms with Gasteiger partial charge < -0.3 is 25.0 Å². The number of rotatable bonds is 6. The number of aryl methyl sites for hydroxylation is 1. The zero-order chi connectivity index (χ0) is 24.5. The van der Waals surface area contributed by atoms with Gasteiger partial charge in [0, 0.05) is 36.0 Å². The third-order valence-electron chi connectivity index (χ3n) is 6.02. The van der Waals surface area contributed by atoms with Crippen LogP contribution in [-0.4, -0.2) is 68.0 Å². The van der Waals surface area contributed by atoms with Crippen molar-refractivity contribution in [3.05, 3.63) is 29.3 Å². The van der Waals surface area contributed by atoms with Crippen LogP contribution < -0.4 is 10.6 Å².